The Morgan fingerprint density at radius 1 is 1.28 bits per heavy atom. The summed E-state index contributed by atoms with van der Waals surface area (Å²) in [5.74, 6) is 0.849. The molecule has 0 aromatic carbocycles. The highest BCUT2D eigenvalue weighted by Gasteiger charge is 2.24. The van der Waals surface area contributed by atoms with Crippen molar-refractivity contribution in [3.05, 3.63) is 22.1 Å². The summed E-state index contributed by atoms with van der Waals surface area (Å²) >= 11 is 1.45. The Balaban J connectivity index is 1.31. The molecule has 1 aliphatic carbocycles. The highest BCUT2D eigenvalue weighted by molar-refractivity contribution is 7.20. The molecular formula is C20H30N6O2S. The molecular weight excluding hydrogens is 388 g/mol. The molecule has 8 nitrogen and oxygen atoms in total. The molecule has 1 saturated heterocycles. The first kappa shape index (κ1) is 20.3. The summed E-state index contributed by atoms with van der Waals surface area (Å²) in [6.07, 6.45) is 5.44. The molecule has 0 radical (unpaired) electrons. The molecule has 4 rings (SSSR count). The molecule has 1 N–H and O–H groups in total. The number of aryl methyl sites for hydroxylation is 1. The maximum absolute atomic E-state index is 12.4. The largest absolute Gasteiger partial charge is 0.352 e. The van der Waals surface area contributed by atoms with Crippen LogP contribution in [0.25, 0.3) is 4.96 Å². The molecule has 2 atom stereocenters. The van der Waals surface area contributed by atoms with E-state index in [1.807, 2.05) is 6.92 Å². The standard InChI is InChI=1S/C20H30N6O2S/c1-3-15-12-18(28)26-19(22-15)29-20(23-26)25-9-7-24(8-10-25)13-17(27)21-16-6-4-5-14(2)11-16/h12,14,16H,3-11,13H2,1-2H3,(H,21,27). The van der Waals surface area contributed by atoms with Gasteiger partial charge in [-0.1, -0.05) is 38.0 Å². The molecule has 2 aliphatic rings. The third-order valence-electron chi connectivity index (χ3n) is 5.96. The number of nitrogens with zero attached hydrogens (tertiary/aromatic N) is 5. The predicted octanol–water partition coefficient (Wildman–Crippen LogP) is 1.53. The summed E-state index contributed by atoms with van der Waals surface area (Å²) in [5.41, 5.74) is 0.676. The molecule has 1 aliphatic heterocycles. The van der Waals surface area contributed by atoms with Gasteiger partial charge in [0.1, 0.15) is 0 Å². The lowest BCUT2D eigenvalue weighted by Crippen LogP contribution is -2.51. The van der Waals surface area contributed by atoms with E-state index >= 15 is 0 Å². The number of fused-ring (bicyclic) bond motifs is 1. The monoisotopic (exact) mass is 418 g/mol. The summed E-state index contributed by atoms with van der Waals surface area (Å²) in [7, 11) is 0. The van der Waals surface area contributed by atoms with Crippen molar-refractivity contribution in [3.63, 3.8) is 0 Å². The molecule has 0 spiro atoms. The minimum atomic E-state index is -0.123. The first-order valence-corrected chi connectivity index (χ1v) is 11.5. The van der Waals surface area contributed by atoms with E-state index in [0.29, 0.717) is 23.5 Å². The normalized spacial score (nSPS) is 23.4. The maximum Gasteiger partial charge on any atom is 0.275 e. The summed E-state index contributed by atoms with van der Waals surface area (Å²) in [6.45, 7) is 7.93. The van der Waals surface area contributed by atoms with Crippen molar-refractivity contribution in [1.82, 2.24) is 24.8 Å². The summed E-state index contributed by atoms with van der Waals surface area (Å²) < 4.78 is 1.39. The molecule has 158 valence electrons. The number of carbonyl (C=O) groups is 1. The lowest BCUT2D eigenvalue weighted by Gasteiger charge is -2.34. The number of hydrogen-bond donors (Lipinski definition) is 1. The second-order valence-corrected chi connectivity index (χ2v) is 9.25. The molecule has 0 bridgehead atoms. The quantitative estimate of drug-likeness (QED) is 0.793. The fourth-order valence-corrected chi connectivity index (χ4v) is 5.27. The molecule has 29 heavy (non-hydrogen) atoms. The summed E-state index contributed by atoms with van der Waals surface area (Å²) in [6, 6.07) is 1.90. The van der Waals surface area contributed by atoms with Crippen molar-refractivity contribution < 1.29 is 4.79 Å². The predicted molar refractivity (Wildman–Crippen MR) is 115 cm³/mol. The van der Waals surface area contributed by atoms with Gasteiger partial charge in [0.05, 0.1) is 6.54 Å². The number of carbonyl (C=O) groups excluding carboxylic acids is 1. The van der Waals surface area contributed by atoms with Gasteiger partial charge in [0.25, 0.3) is 5.56 Å². The van der Waals surface area contributed by atoms with E-state index in [9.17, 15) is 9.59 Å². The van der Waals surface area contributed by atoms with Crippen LogP contribution in [0.15, 0.2) is 10.9 Å². The van der Waals surface area contributed by atoms with Gasteiger partial charge in [-0.15, -0.1) is 5.10 Å². The van der Waals surface area contributed by atoms with E-state index in [1.54, 1.807) is 6.07 Å². The van der Waals surface area contributed by atoms with Gasteiger partial charge < -0.3 is 10.2 Å². The lowest BCUT2D eigenvalue weighted by molar-refractivity contribution is -0.123. The van der Waals surface area contributed by atoms with Gasteiger partial charge in [-0.3, -0.25) is 14.5 Å². The summed E-state index contributed by atoms with van der Waals surface area (Å²) in [4.78, 5) is 34.2. The molecule has 9 heteroatoms. The molecule has 1 amide bonds. The molecule has 3 heterocycles. The van der Waals surface area contributed by atoms with Gasteiger partial charge in [-0.2, -0.15) is 4.52 Å². The Kier molecular flexibility index (Phi) is 6.15. The van der Waals surface area contributed by atoms with Crippen LogP contribution in [0.2, 0.25) is 0 Å². The fraction of sp³-hybridized carbons (Fsp3) is 0.700. The number of hydrogen-bond acceptors (Lipinski definition) is 7. The number of piperazine rings is 1. The Morgan fingerprint density at radius 2 is 2.07 bits per heavy atom. The molecule has 2 aromatic heterocycles. The van der Waals surface area contributed by atoms with Crippen LogP contribution in [-0.4, -0.2) is 64.2 Å². The SMILES string of the molecule is CCc1cc(=O)n2nc(N3CCN(CC(=O)NC4CCCC(C)C4)CC3)sc2n1. The highest BCUT2D eigenvalue weighted by atomic mass is 32.1. The van der Waals surface area contributed by atoms with Crippen molar-refractivity contribution in [2.45, 2.75) is 52.0 Å². The van der Waals surface area contributed by atoms with E-state index in [-0.39, 0.29) is 11.5 Å². The number of amides is 1. The Morgan fingerprint density at radius 3 is 2.79 bits per heavy atom. The second kappa shape index (κ2) is 8.79. The van der Waals surface area contributed by atoms with Gasteiger partial charge >= 0.3 is 0 Å². The van der Waals surface area contributed by atoms with Crippen LogP contribution in [0.5, 0.6) is 0 Å². The minimum Gasteiger partial charge on any atom is -0.352 e. The lowest BCUT2D eigenvalue weighted by atomic mass is 9.87. The highest BCUT2D eigenvalue weighted by Crippen LogP contribution is 2.24. The van der Waals surface area contributed by atoms with Crippen LogP contribution in [0.3, 0.4) is 0 Å². The number of aromatic nitrogens is 3. The van der Waals surface area contributed by atoms with Crippen LogP contribution in [0, 0.1) is 5.92 Å². The first-order valence-electron chi connectivity index (χ1n) is 10.7. The minimum absolute atomic E-state index is 0.123. The van der Waals surface area contributed by atoms with Crippen molar-refractivity contribution >= 4 is 27.3 Å². The van der Waals surface area contributed by atoms with Gasteiger partial charge in [-0.05, 0) is 25.2 Å². The van der Waals surface area contributed by atoms with Crippen LogP contribution < -0.4 is 15.8 Å². The Hall–Kier alpha value is -2.00. The average Bonchev–Trinajstić information content (AvgIpc) is 3.13. The van der Waals surface area contributed by atoms with Crippen LogP contribution in [0.4, 0.5) is 5.13 Å². The van der Waals surface area contributed by atoms with E-state index in [1.165, 1.54) is 28.7 Å². The van der Waals surface area contributed by atoms with Crippen molar-refractivity contribution in [3.8, 4) is 0 Å². The van der Waals surface area contributed by atoms with Crippen molar-refractivity contribution in [2.24, 2.45) is 5.92 Å². The Labute approximate surface area is 174 Å². The van der Waals surface area contributed by atoms with Crippen LogP contribution >= 0.6 is 11.3 Å². The first-order chi connectivity index (χ1) is 14.0. The van der Waals surface area contributed by atoms with Crippen LogP contribution in [-0.2, 0) is 11.2 Å². The number of nitrogens with one attached hydrogen (secondary N) is 1. The zero-order valence-corrected chi connectivity index (χ0v) is 18.1. The number of rotatable bonds is 5. The van der Waals surface area contributed by atoms with Crippen molar-refractivity contribution in [1.29, 1.82) is 0 Å². The van der Waals surface area contributed by atoms with E-state index in [4.69, 9.17) is 0 Å². The molecule has 2 fully saturated rings. The van der Waals surface area contributed by atoms with Gasteiger partial charge in [0.2, 0.25) is 16.0 Å². The third-order valence-corrected chi connectivity index (χ3v) is 6.93. The van der Waals surface area contributed by atoms with Crippen LogP contribution in [0.1, 0.15) is 45.2 Å². The molecule has 2 unspecified atom stereocenters. The maximum atomic E-state index is 12.4. The summed E-state index contributed by atoms with van der Waals surface area (Å²) in [5, 5.41) is 8.52. The Bertz CT molecular complexity index is 917. The molecule has 1 saturated carbocycles. The smallest absolute Gasteiger partial charge is 0.275 e. The van der Waals surface area contributed by atoms with Gasteiger partial charge in [-0.25, -0.2) is 4.98 Å². The third kappa shape index (κ3) is 4.78. The molecule has 2 aromatic rings. The van der Waals surface area contributed by atoms with E-state index in [0.717, 1.165) is 56.3 Å². The van der Waals surface area contributed by atoms with Gasteiger partial charge in [0.15, 0.2) is 0 Å². The number of anilines is 1. The van der Waals surface area contributed by atoms with E-state index < -0.39 is 0 Å². The van der Waals surface area contributed by atoms with Gasteiger partial charge in [0, 0.05) is 44.0 Å². The zero-order chi connectivity index (χ0) is 20.4. The van der Waals surface area contributed by atoms with Crippen molar-refractivity contribution in [2.75, 3.05) is 37.6 Å². The zero-order valence-electron chi connectivity index (χ0n) is 17.3. The van der Waals surface area contributed by atoms with E-state index in [2.05, 4.69) is 32.1 Å². The second-order valence-electron chi connectivity index (χ2n) is 8.32. The topological polar surface area (TPSA) is 82.8 Å². The fourth-order valence-electron chi connectivity index (χ4n) is 4.29. The average molecular weight is 419 g/mol.